The van der Waals surface area contributed by atoms with Crippen molar-refractivity contribution in [3.63, 3.8) is 0 Å². The second-order valence-electron chi connectivity index (χ2n) is 5.81. The molecular formula is C16H24N2O3. The van der Waals surface area contributed by atoms with E-state index in [1.165, 1.54) is 12.8 Å². The summed E-state index contributed by atoms with van der Waals surface area (Å²) in [5, 5.41) is 0. The Bertz CT molecular complexity index is 491. The van der Waals surface area contributed by atoms with Gasteiger partial charge in [0.1, 0.15) is 17.2 Å². The molecule has 5 heteroatoms. The molecule has 1 aromatic rings. The van der Waals surface area contributed by atoms with Gasteiger partial charge in [-0.25, -0.2) is 0 Å². The lowest BCUT2D eigenvalue weighted by Gasteiger charge is -2.29. The summed E-state index contributed by atoms with van der Waals surface area (Å²) in [4.78, 5) is 2.51. The molecule has 2 atom stereocenters. The first kappa shape index (κ1) is 14.5. The summed E-state index contributed by atoms with van der Waals surface area (Å²) in [7, 11) is 5.00. The molecule has 5 nitrogen and oxygen atoms in total. The highest BCUT2D eigenvalue weighted by Crippen LogP contribution is 2.47. The number of likely N-dealkylation sites (tertiary alicyclic amines) is 1. The van der Waals surface area contributed by atoms with E-state index in [0.717, 1.165) is 35.8 Å². The van der Waals surface area contributed by atoms with Crippen molar-refractivity contribution in [1.29, 1.82) is 0 Å². The van der Waals surface area contributed by atoms with Crippen molar-refractivity contribution in [2.24, 2.45) is 5.73 Å². The van der Waals surface area contributed by atoms with E-state index in [0.29, 0.717) is 6.04 Å². The van der Waals surface area contributed by atoms with Gasteiger partial charge in [0.25, 0.3) is 0 Å². The van der Waals surface area contributed by atoms with E-state index in [-0.39, 0.29) is 12.1 Å². The number of rotatable bonds is 5. The summed E-state index contributed by atoms with van der Waals surface area (Å²) in [6, 6.07) is 4.76. The van der Waals surface area contributed by atoms with E-state index in [4.69, 9.17) is 19.9 Å². The molecule has 1 aromatic carbocycles. The van der Waals surface area contributed by atoms with E-state index < -0.39 is 0 Å². The Hall–Kier alpha value is -1.46. The van der Waals surface area contributed by atoms with Crippen LogP contribution >= 0.6 is 0 Å². The van der Waals surface area contributed by atoms with Gasteiger partial charge >= 0.3 is 0 Å². The molecule has 1 aliphatic heterocycles. The molecule has 1 aliphatic carbocycles. The van der Waals surface area contributed by atoms with Crippen LogP contribution in [0.3, 0.4) is 0 Å². The minimum Gasteiger partial charge on any atom is -0.496 e. The van der Waals surface area contributed by atoms with Gasteiger partial charge in [0, 0.05) is 30.8 Å². The second kappa shape index (κ2) is 5.73. The molecule has 1 heterocycles. The van der Waals surface area contributed by atoms with Crippen molar-refractivity contribution in [2.75, 3.05) is 27.9 Å². The van der Waals surface area contributed by atoms with Crippen LogP contribution in [0, 0.1) is 0 Å². The first-order chi connectivity index (χ1) is 10.2. The number of benzene rings is 1. The Morgan fingerprint density at radius 3 is 2.10 bits per heavy atom. The SMILES string of the molecule is COc1cc(OC)c(C2C(N)CCN2C2CC2)c(OC)c1. The first-order valence-electron chi connectivity index (χ1n) is 7.50. The van der Waals surface area contributed by atoms with Crippen LogP contribution in [0.1, 0.15) is 30.9 Å². The normalized spacial score (nSPS) is 25.9. The number of hydrogen-bond donors (Lipinski definition) is 1. The highest BCUT2D eigenvalue weighted by atomic mass is 16.5. The molecule has 0 spiro atoms. The molecule has 2 fully saturated rings. The first-order valence-corrected chi connectivity index (χ1v) is 7.50. The van der Waals surface area contributed by atoms with Crippen LogP contribution in [0.25, 0.3) is 0 Å². The number of ether oxygens (including phenoxy) is 3. The minimum atomic E-state index is 0.113. The fourth-order valence-electron chi connectivity index (χ4n) is 3.36. The number of nitrogens with zero attached hydrogens (tertiary/aromatic N) is 1. The third-order valence-corrected chi connectivity index (χ3v) is 4.55. The van der Waals surface area contributed by atoms with E-state index in [1.54, 1.807) is 21.3 Å². The third kappa shape index (κ3) is 2.56. The Labute approximate surface area is 126 Å². The molecule has 1 saturated carbocycles. The average molecular weight is 292 g/mol. The van der Waals surface area contributed by atoms with Gasteiger partial charge in [-0.2, -0.15) is 0 Å². The number of methoxy groups -OCH3 is 3. The van der Waals surface area contributed by atoms with Gasteiger partial charge in [-0.15, -0.1) is 0 Å². The molecule has 0 aromatic heterocycles. The zero-order chi connectivity index (χ0) is 15.0. The zero-order valence-corrected chi connectivity index (χ0v) is 13.0. The molecule has 2 N–H and O–H groups in total. The lowest BCUT2D eigenvalue weighted by Crippen LogP contribution is -2.33. The summed E-state index contributed by atoms with van der Waals surface area (Å²) < 4.78 is 16.5. The molecule has 3 rings (SSSR count). The van der Waals surface area contributed by atoms with Crippen LogP contribution in [-0.2, 0) is 0 Å². The Kier molecular flexibility index (Phi) is 3.95. The molecule has 2 aliphatic rings. The summed E-state index contributed by atoms with van der Waals surface area (Å²) in [5.74, 6) is 2.32. The summed E-state index contributed by atoms with van der Waals surface area (Å²) in [6.07, 6.45) is 3.55. The monoisotopic (exact) mass is 292 g/mol. The molecule has 21 heavy (non-hydrogen) atoms. The minimum absolute atomic E-state index is 0.113. The zero-order valence-electron chi connectivity index (χ0n) is 13.0. The van der Waals surface area contributed by atoms with Crippen LogP contribution in [-0.4, -0.2) is 44.9 Å². The molecule has 0 bridgehead atoms. The van der Waals surface area contributed by atoms with Crippen LogP contribution in [0.4, 0.5) is 0 Å². The van der Waals surface area contributed by atoms with Crippen LogP contribution in [0.15, 0.2) is 12.1 Å². The highest BCUT2D eigenvalue weighted by Gasteiger charge is 2.43. The number of nitrogens with two attached hydrogens (primary N) is 1. The molecule has 0 radical (unpaired) electrons. The third-order valence-electron chi connectivity index (χ3n) is 4.55. The van der Waals surface area contributed by atoms with E-state index in [1.807, 2.05) is 12.1 Å². The Balaban J connectivity index is 2.06. The van der Waals surface area contributed by atoms with Gasteiger partial charge in [0.15, 0.2) is 0 Å². The smallest absolute Gasteiger partial charge is 0.131 e. The summed E-state index contributed by atoms with van der Waals surface area (Å²) >= 11 is 0. The van der Waals surface area contributed by atoms with Crippen molar-refractivity contribution in [1.82, 2.24) is 4.90 Å². The maximum atomic E-state index is 6.40. The molecule has 2 unspecified atom stereocenters. The Morgan fingerprint density at radius 2 is 1.62 bits per heavy atom. The van der Waals surface area contributed by atoms with Crippen molar-refractivity contribution in [2.45, 2.75) is 37.4 Å². The van der Waals surface area contributed by atoms with Gasteiger partial charge in [-0.1, -0.05) is 0 Å². The van der Waals surface area contributed by atoms with E-state index in [9.17, 15) is 0 Å². The van der Waals surface area contributed by atoms with Crippen molar-refractivity contribution < 1.29 is 14.2 Å². The predicted octanol–water partition coefficient (Wildman–Crippen LogP) is 1.95. The van der Waals surface area contributed by atoms with Gasteiger partial charge in [0.05, 0.1) is 32.9 Å². The van der Waals surface area contributed by atoms with Crippen molar-refractivity contribution in [3.05, 3.63) is 17.7 Å². The van der Waals surface area contributed by atoms with Gasteiger partial charge < -0.3 is 19.9 Å². The Morgan fingerprint density at radius 1 is 1.00 bits per heavy atom. The second-order valence-corrected chi connectivity index (χ2v) is 5.81. The van der Waals surface area contributed by atoms with Crippen molar-refractivity contribution >= 4 is 0 Å². The lowest BCUT2D eigenvalue weighted by atomic mass is 9.98. The molecular weight excluding hydrogens is 268 g/mol. The van der Waals surface area contributed by atoms with Crippen molar-refractivity contribution in [3.8, 4) is 17.2 Å². The molecule has 1 saturated heterocycles. The quantitative estimate of drug-likeness (QED) is 0.899. The highest BCUT2D eigenvalue weighted by molar-refractivity contribution is 5.53. The largest absolute Gasteiger partial charge is 0.496 e. The molecule has 0 amide bonds. The van der Waals surface area contributed by atoms with Crippen LogP contribution < -0.4 is 19.9 Å². The average Bonchev–Trinajstić information content (AvgIpc) is 3.29. The van der Waals surface area contributed by atoms with E-state index >= 15 is 0 Å². The number of hydrogen-bond acceptors (Lipinski definition) is 5. The topological polar surface area (TPSA) is 57.0 Å². The van der Waals surface area contributed by atoms with E-state index in [2.05, 4.69) is 4.90 Å². The van der Waals surface area contributed by atoms with Gasteiger partial charge in [-0.05, 0) is 19.3 Å². The van der Waals surface area contributed by atoms with Gasteiger partial charge in [-0.3, -0.25) is 4.90 Å². The summed E-state index contributed by atoms with van der Waals surface area (Å²) in [5.41, 5.74) is 7.45. The maximum absolute atomic E-state index is 6.40. The predicted molar refractivity (Wildman–Crippen MR) is 81.2 cm³/mol. The maximum Gasteiger partial charge on any atom is 0.131 e. The van der Waals surface area contributed by atoms with Crippen LogP contribution in [0.5, 0.6) is 17.2 Å². The standard InChI is InChI=1S/C16H24N2O3/c1-19-11-8-13(20-2)15(14(9-11)21-3)16-12(17)6-7-18(16)10-4-5-10/h8-10,12,16H,4-7,17H2,1-3H3. The van der Waals surface area contributed by atoms with Crippen LogP contribution in [0.2, 0.25) is 0 Å². The summed E-state index contributed by atoms with van der Waals surface area (Å²) in [6.45, 7) is 1.05. The fourth-order valence-corrected chi connectivity index (χ4v) is 3.36. The lowest BCUT2D eigenvalue weighted by molar-refractivity contribution is 0.226. The fraction of sp³-hybridized carbons (Fsp3) is 0.625. The molecule has 116 valence electrons. The van der Waals surface area contributed by atoms with Gasteiger partial charge in [0.2, 0.25) is 0 Å².